The summed E-state index contributed by atoms with van der Waals surface area (Å²) in [6.45, 7) is 0.556. The zero-order valence-corrected chi connectivity index (χ0v) is 13.7. The molecular formula is C18H23N3O3. The highest BCUT2D eigenvalue weighted by atomic mass is 16.2. The molecule has 2 aromatic rings. The molecule has 1 aliphatic rings. The molecule has 24 heavy (non-hydrogen) atoms. The molecule has 0 spiro atoms. The SMILES string of the molecule is O=C(Cn1c(=O)[nH]c(=O)c2ccccc21)NCCC1CCCCC1. The van der Waals surface area contributed by atoms with Gasteiger partial charge in [0.15, 0.2) is 0 Å². The van der Waals surface area contributed by atoms with Crippen LogP contribution in [0.15, 0.2) is 33.9 Å². The smallest absolute Gasteiger partial charge is 0.329 e. The molecule has 128 valence electrons. The minimum atomic E-state index is -0.555. The lowest BCUT2D eigenvalue weighted by Crippen LogP contribution is -2.37. The number of carbonyl (C=O) groups is 1. The predicted molar refractivity (Wildman–Crippen MR) is 93.0 cm³/mol. The summed E-state index contributed by atoms with van der Waals surface area (Å²) in [6.07, 6.45) is 7.40. The van der Waals surface area contributed by atoms with Gasteiger partial charge in [-0.3, -0.25) is 19.1 Å². The Kier molecular flexibility index (Phi) is 5.13. The van der Waals surface area contributed by atoms with Crippen LogP contribution in [0.5, 0.6) is 0 Å². The fraction of sp³-hybridized carbons (Fsp3) is 0.500. The second-order valence-electron chi connectivity index (χ2n) is 6.51. The molecule has 0 atom stereocenters. The van der Waals surface area contributed by atoms with Crippen LogP contribution in [-0.2, 0) is 11.3 Å². The first kappa shape index (κ1) is 16.5. The molecule has 0 saturated heterocycles. The van der Waals surface area contributed by atoms with Crippen molar-refractivity contribution in [3.8, 4) is 0 Å². The van der Waals surface area contributed by atoms with E-state index in [2.05, 4.69) is 10.3 Å². The van der Waals surface area contributed by atoms with Gasteiger partial charge < -0.3 is 5.32 Å². The van der Waals surface area contributed by atoms with E-state index in [0.717, 1.165) is 6.42 Å². The third-order valence-electron chi connectivity index (χ3n) is 4.81. The van der Waals surface area contributed by atoms with Gasteiger partial charge in [-0.25, -0.2) is 4.79 Å². The third-order valence-corrected chi connectivity index (χ3v) is 4.81. The monoisotopic (exact) mass is 329 g/mol. The van der Waals surface area contributed by atoms with Crippen LogP contribution in [0.25, 0.3) is 10.9 Å². The van der Waals surface area contributed by atoms with Crippen LogP contribution in [0, 0.1) is 5.92 Å². The Morgan fingerprint density at radius 1 is 1.17 bits per heavy atom. The maximum Gasteiger partial charge on any atom is 0.329 e. The summed E-state index contributed by atoms with van der Waals surface area (Å²) in [4.78, 5) is 38.3. The Balaban J connectivity index is 1.65. The molecule has 1 amide bonds. The van der Waals surface area contributed by atoms with Gasteiger partial charge in [0.05, 0.1) is 10.9 Å². The second-order valence-corrected chi connectivity index (χ2v) is 6.51. The molecule has 0 unspecified atom stereocenters. The van der Waals surface area contributed by atoms with E-state index in [1.165, 1.54) is 36.7 Å². The quantitative estimate of drug-likeness (QED) is 0.877. The first-order valence-electron chi connectivity index (χ1n) is 8.64. The van der Waals surface area contributed by atoms with Gasteiger partial charge >= 0.3 is 5.69 Å². The van der Waals surface area contributed by atoms with Crippen LogP contribution in [0.4, 0.5) is 0 Å². The molecule has 0 aliphatic heterocycles. The van der Waals surface area contributed by atoms with Crippen molar-refractivity contribution in [1.82, 2.24) is 14.9 Å². The van der Waals surface area contributed by atoms with Gasteiger partial charge in [0.1, 0.15) is 6.54 Å². The van der Waals surface area contributed by atoms with Crippen molar-refractivity contribution >= 4 is 16.8 Å². The van der Waals surface area contributed by atoms with Gasteiger partial charge in [0, 0.05) is 6.54 Å². The lowest BCUT2D eigenvalue weighted by atomic mass is 9.87. The molecule has 3 rings (SSSR count). The number of hydrogen-bond acceptors (Lipinski definition) is 3. The molecule has 0 bridgehead atoms. The van der Waals surface area contributed by atoms with Crippen LogP contribution < -0.4 is 16.6 Å². The Morgan fingerprint density at radius 3 is 2.71 bits per heavy atom. The maximum atomic E-state index is 12.2. The first-order valence-corrected chi connectivity index (χ1v) is 8.64. The zero-order valence-electron chi connectivity index (χ0n) is 13.7. The van der Waals surface area contributed by atoms with Crippen molar-refractivity contribution in [3.05, 3.63) is 45.1 Å². The largest absolute Gasteiger partial charge is 0.355 e. The highest BCUT2D eigenvalue weighted by Gasteiger charge is 2.14. The predicted octanol–water partition coefficient (Wildman–Crippen LogP) is 1.78. The lowest BCUT2D eigenvalue weighted by molar-refractivity contribution is -0.121. The van der Waals surface area contributed by atoms with Crippen LogP contribution in [0.2, 0.25) is 0 Å². The van der Waals surface area contributed by atoms with Crippen molar-refractivity contribution in [2.45, 2.75) is 45.1 Å². The molecule has 1 fully saturated rings. The number of benzene rings is 1. The van der Waals surface area contributed by atoms with Gasteiger partial charge in [0.2, 0.25) is 5.91 Å². The molecule has 1 aromatic carbocycles. The molecule has 1 aliphatic carbocycles. The number of aromatic nitrogens is 2. The summed E-state index contributed by atoms with van der Waals surface area (Å²) in [5, 5.41) is 3.30. The Bertz CT molecular complexity index is 831. The third kappa shape index (κ3) is 3.75. The van der Waals surface area contributed by atoms with Crippen molar-refractivity contribution in [2.75, 3.05) is 6.54 Å². The van der Waals surface area contributed by atoms with Gasteiger partial charge in [-0.2, -0.15) is 0 Å². The molecule has 1 aromatic heterocycles. The number of nitrogens with one attached hydrogen (secondary N) is 2. The summed E-state index contributed by atoms with van der Waals surface area (Å²) in [5.41, 5.74) is -0.501. The van der Waals surface area contributed by atoms with Crippen LogP contribution in [0.1, 0.15) is 38.5 Å². The minimum absolute atomic E-state index is 0.0825. The molecule has 6 nitrogen and oxygen atoms in total. The van der Waals surface area contributed by atoms with Gasteiger partial charge in [-0.15, -0.1) is 0 Å². The summed E-state index contributed by atoms with van der Waals surface area (Å²) in [6, 6.07) is 6.81. The summed E-state index contributed by atoms with van der Waals surface area (Å²) >= 11 is 0. The standard InChI is InChI=1S/C18H23N3O3/c22-16(19-11-10-13-6-2-1-3-7-13)12-21-15-9-5-4-8-14(15)17(23)20-18(21)24/h4-5,8-9,13H,1-3,6-7,10-12H2,(H,19,22)(H,20,23,24). The average Bonchev–Trinajstić information content (AvgIpc) is 2.59. The van der Waals surface area contributed by atoms with Crippen molar-refractivity contribution < 1.29 is 4.79 Å². The molecule has 2 N–H and O–H groups in total. The van der Waals surface area contributed by atoms with E-state index in [-0.39, 0.29) is 12.5 Å². The number of H-pyrrole nitrogens is 1. The van der Waals surface area contributed by atoms with Crippen LogP contribution in [-0.4, -0.2) is 22.0 Å². The number of fused-ring (bicyclic) bond motifs is 1. The van der Waals surface area contributed by atoms with Crippen molar-refractivity contribution in [3.63, 3.8) is 0 Å². The number of carbonyl (C=O) groups excluding carboxylic acids is 1. The zero-order chi connectivity index (χ0) is 16.9. The van der Waals surface area contributed by atoms with E-state index in [4.69, 9.17) is 0 Å². The molecular weight excluding hydrogens is 306 g/mol. The summed E-state index contributed by atoms with van der Waals surface area (Å²) in [5.74, 6) is 0.501. The van der Waals surface area contributed by atoms with E-state index >= 15 is 0 Å². The number of nitrogens with zero attached hydrogens (tertiary/aromatic N) is 1. The molecule has 1 saturated carbocycles. The van der Waals surface area contributed by atoms with Crippen molar-refractivity contribution in [1.29, 1.82) is 0 Å². The van der Waals surface area contributed by atoms with Gasteiger partial charge in [-0.05, 0) is 24.5 Å². The van der Waals surface area contributed by atoms with Crippen molar-refractivity contribution in [2.24, 2.45) is 5.92 Å². The Hall–Kier alpha value is -2.37. The van der Waals surface area contributed by atoms with Crippen LogP contribution >= 0.6 is 0 Å². The van der Waals surface area contributed by atoms with E-state index in [9.17, 15) is 14.4 Å². The van der Waals surface area contributed by atoms with E-state index in [0.29, 0.717) is 23.4 Å². The topological polar surface area (TPSA) is 84.0 Å². The number of para-hydroxylation sites is 1. The van der Waals surface area contributed by atoms with E-state index < -0.39 is 11.2 Å². The van der Waals surface area contributed by atoms with E-state index in [1.807, 2.05) is 0 Å². The number of aromatic amines is 1. The number of hydrogen-bond donors (Lipinski definition) is 2. The van der Waals surface area contributed by atoms with Gasteiger partial charge in [-0.1, -0.05) is 44.2 Å². The van der Waals surface area contributed by atoms with Gasteiger partial charge in [0.25, 0.3) is 5.56 Å². The average molecular weight is 329 g/mol. The fourth-order valence-corrected chi connectivity index (χ4v) is 3.49. The first-order chi connectivity index (χ1) is 11.6. The summed E-state index contributed by atoms with van der Waals surface area (Å²) < 4.78 is 1.31. The normalized spacial score (nSPS) is 15.5. The molecule has 1 heterocycles. The number of amides is 1. The second kappa shape index (κ2) is 7.47. The van der Waals surface area contributed by atoms with E-state index in [1.54, 1.807) is 24.3 Å². The summed E-state index contributed by atoms with van der Waals surface area (Å²) in [7, 11) is 0. The highest BCUT2D eigenvalue weighted by Crippen LogP contribution is 2.25. The fourth-order valence-electron chi connectivity index (χ4n) is 3.49. The molecule has 0 radical (unpaired) electrons. The molecule has 6 heteroatoms. The Labute approximate surface area is 139 Å². The van der Waals surface area contributed by atoms with Crippen LogP contribution in [0.3, 0.4) is 0 Å². The maximum absolute atomic E-state index is 12.2. The number of rotatable bonds is 5. The highest BCUT2D eigenvalue weighted by molar-refractivity contribution is 5.81. The minimum Gasteiger partial charge on any atom is -0.355 e. The Morgan fingerprint density at radius 2 is 1.92 bits per heavy atom. The lowest BCUT2D eigenvalue weighted by Gasteiger charge is -2.21.